The standard InChI is InChI=1S/C22H28N2O3/c1-14(16-7-8-18-17(13-16)22(2,3)21(25)24-18)23-11-10-15-6-9-19(26-4)20(12-15)27-5/h6-9,12-14,23H,10-11H2,1-5H3,(H,24,25). The van der Waals surface area contributed by atoms with E-state index in [1.165, 1.54) is 11.1 Å². The number of benzene rings is 2. The zero-order valence-electron chi connectivity index (χ0n) is 16.7. The highest BCUT2D eigenvalue weighted by Crippen LogP contribution is 2.38. The molecule has 5 heteroatoms. The molecule has 0 aliphatic carbocycles. The van der Waals surface area contributed by atoms with Gasteiger partial charge in [-0.15, -0.1) is 0 Å². The van der Waals surface area contributed by atoms with Crippen LogP contribution in [0.4, 0.5) is 5.69 Å². The molecule has 1 aliphatic rings. The number of ether oxygens (including phenoxy) is 2. The van der Waals surface area contributed by atoms with Gasteiger partial charge in [0.25, 0.3) is 0 Å². The number of hydrogen-bond acceptors (Lipinski definition) is 4. The first-order valence-electron chi connectivity index (χ1n) is 9.27. The van der Waals surface area contributed by atoms with Gasteiger partial charge < -0.3 is 20.1 Å². The lowest BCUT2D eigenvalue weighted by atomic mass is 9.85. The number of nitrogens with one attached hydrogen (secondary N) is 2. The van der Waals surface area contributed by atoms with Crippen LogP contribution < -0.4 is 20.1 Å². The summed E-state index contributed by atoms with van der Waals surface area (Å²) >= 11 is 0. The molecular weight excluding hydrogens is 340 g/mol. The zero-order chi connectivity index (χ0) is 19.6. The Balaban J connectivity index is 1.63. The molecule has 1 atom stereocenters. The van der Waals surface area contributed by atoms with Crippen molar-refractivity contribution in [3.05, 3.63) is 53.1 Å². The fraction of sp³-hybridized carbons (Fsp3) is 0.409. The van der Waals surface area contributed by atoms with Crippen molar-refractivity contribution >= 4 is 11.6 Å². The largest absolute Gasteiger partial charge is 0.493 e. The van der Waals surface area contributed by atoms with Gasteiger partial charge in [-0.2, -0.15) is 0 Å². The molecule has 2 aromatic rings. The number of rotatable bonds is 7. The van der Waals surface area contributed by atoms with Crippen molar-refractivity contribution in [2.45, 2.75) is 38.6 Å². The topological polar surface area (TPSA) is 59.6 Å². The molecule has 0 spiro atoms. The van der Waals surface area contributed by atoms with Gasteiger partial charge in [0.1, 0.15) is 0 Å². The molecule has 2 aromatic carbocycles. The first kappa shape index (κ1) is 19.2. The molecule has 144 valence electrons. The molecule has 0 saturated heterocycles. The van der Waals surface area contributed by atoms with Gasteiger partial charge in [-0.25, -0.2) is 0 Å². The van der Waals surface area contributed by atoms with E-state index in [1.54, 1.807) is 14.2 Å². The summed E-state index contributed by atoms with van der Waals surface area (Å²) in [6.45, 7) is 6.92. The van der Waals surface area contributed by atoms with Crippen molar-refractivity contribution in [1.29, 1.82) is 0 Å². The number of methoxy groups -OCH3 is 2. The summed E-state index contributed by atoms with van der Waals surface area (Å²) in [7, 11) is 3.29. The van der Waals surface area contributed by atoms with Gasteiger partial charge >= 0.3 is 0 Å². The van der Waals surface area contributed by atoms with E-state index in [9.17, 15) is 4.79 Å². The summed E-state index contributed by atoms with van der Waals surface area (Å²) in [5.74, 6) is 1.55. The van der Waals surface area contributed by atoms with Crippen molar-refractivity contribution in [1.82, 2.24) is 5.32 Å². The molecule has 0 radical (unpaired) electrons. The van der Waals surface area contributed by atoms with Gasteiger partial charge in [-0.3, -0.25) is 4.79 Å². The molecule has 1 heterocycles. The molecule has 1 unspecified atom stereocenters. The van der Waals surface area contributed by atoms with Crippen LogP contribution in [0.25, 0.3) is 0 Å². The van der Waals surface area contributed by atoms with Gasteiger partial charge in [0.2, 0.25) is 5.91 Å². The van der Waals surface area contributed by atoms with Crippen molar-refractivity contribution in [2.75, 3.05) is 26.1 Å². The maximum absolute atomic E-state index is 12.1. The van der Waals surface area contributed by atoms with Crippen molar-refractivity contribution in [2.24, 2.45) is 0 Å². The molecule has 5 nitrogen and oxygen atoms in total. The van der Waals surface area contributed by atoms with E-state index < -0.39 is 5.41 Å². The van der Waals surface area contributed by atoms with Crippen molar-refractivity contribution in [3.63, 3.8) is 0 Å². The Morgan fingerprint density at radius 3 is 2.52 bits per heavy atom. The molecule has 2 N–H and O–H groups in total. The summed E-state index contributed by atoms with van der Waals surface area (Å²) in [6, 6.07) is 12.4. The lowest BCUT2D eigenvalue weighted by Crippen LogP contribution is -2.27. The molecule has 3 rings (SSSR count). The van der Waals surface area contributed by atoms with Crippen LogP contribution in [-0.2, 0) is 16.6 Å². The predicted octanol–water partition coefficient (Wildman–Crippen LogP) is 3.83. The second-order valence-electron chi connectivity index (χ2n) is 7.50. The minimum Gasteiger partial charge on any atom is -0.493 e. The van der Waals surface area contributed by atoms with Crippen LogP contribution in [0.5, 0.6) is 11.5 Å². The third-order valence-electron chi connectivity index (χ3n) is 5.34. The highest BCUT2D eigenvalue weighted by molar-refractivity contribution is 6.05. The lowest BCUT2D eigenvalue weighted by Gasteiger charge is -2.19. The highest BCUT2D eigenvalue weighted by Gasteiger charge is 2.38. The quantitative estimate of drug-likeness (QED) is 0.780. The SMILES string of the molecule is COc1ccc(CCNC(C)c2ccc3c(c2)C(C)(C)C(=O)N3)cc1OC. The Bertz CT molecular complexity index is 845. The smallest absolute Gasteiger partial charge is 0.234 e. The lowest BCUT2D eigenvalue weighted by molar-refractivity contribution is -0.119. The predicted molar refractivity (Wildman–Crippen MR) is 108 cm³/mol. The molecule has 0 fully saturated rings. The fourth-order valence-electron chi connectivity index (χ4n) is 3.45. The minimum absolute atomic E-state index is 0.0590. The third kappa shape index (κ3) is 3.78. The first-order valence-corrected chi connectivity index (χ1v) is 9.27. The van der Waals surface area contributed by atoms with Crippen molar-refractivity contribution < 1.29 is 14.3 Å². The second kappa shape index (κ2) is 7.61. The number of carbonyl (C=O) groups is 1. The van der Waals surface area contributed by atoms with Crippen LogP contribution >= 0.6 is 0 Å². The van der Waals surface area contributed by atoms with E-state index in [4.69, 9.17) is 9.47 Å². The molecule has 27 heavy (non-hydrogen) atoms. The number of anilines is 1. The monoisotopic (exact) mass is 368 g/mol. The van der Waals surface area contributed by atoms with Gasteiger partial charge in [0.15, 0.2) is 11.5 Å². The van der Waals surface area contributed by atoms with Crippen LogP contribution in [0, 0.1) is 0 Å². The van der Waals surface area contributed by atoms with Crippen LogP contribution in [0.2, 0.25) is 0 Å². The Morgan fingerprint density at radius 2 is 1.81 bits per heavy atom. The minimum atomic E-state index is -0.481. The maximum Gasteiger partial charge on any atom is 0.234 e. The van der Waals surface area contributed by atoms with Gasteiger partial charge in [-0.05, 0) is 68.6 Å². The number of hydrogen-bond donors (Lipinski definition) is 2. The number of fused-ring (bicyclic) bond motifs is 1. The Kier molecular flexibility index (Phi) is 5.42. The Hall–Kier alpha value is -2.53. The van der Waals surface area contributed by atoms with E-state index in [0.29, 0.717) is 0 Å². The summed E-state index contributed by atoms with van der Waals surface area (Å²) in [4.78, 5) is 12.1. The molecule has 1 aliphatic heterocycles. The first-order chi connectivity index (χ1) is 12.9. The third-order valence-corrected chi connectivity index (χ3v) is 5.34. The molecule has 1 amide bonds. The molecule has 0 aromatic heterocycles. The van der Waals surface area contributed by atoms with Gasteiger partial charge in [-0.1, -0.05) is 18.2 Å². The number of carbonyl (C=O) groups excluding carboxylic acids is 1. The van der Waals surface area contributed by atoms with Crippen LogP contribution in [0.15, 0.2) is 36.4 Å². The van der Waals surface area contributed by atoms with Gasteiger partial charge in [0, 0.05) is 11.7 Å². The second-order valence-corrected chi connectivity index (χ2v) is 7.50. The van der Waals surface area contributed by atoms with Crippen LogP contribution in [0.3, 0.4) is 0 Å². The molecule has 0 saturated carbocycles. The molecular formula is C22H28N2O3. The molecule has 0 bridgehead atoms. The van der Waals surface area contributed by atoms with E-state index in [-0.39, 0.29) is 11.9 Å². The van der Waals surface area contributed by atoms with E-state index >= 15 is 0 Å². The van der Waals surface area contributed by atoms with Gasteiger partial charge in [0.05, 0.1) is 19.6 Å². The summed E-state index contributed by atoms with van der Waals surface area (Å²) in [6.07, 6.45) is 0.890. The Morgan fingerprint density at radius 1 is 1.07 bits per heavy atom. The summed E-state index contributed by atoms with van der Waals surface area (Å²) in [5.41, 5.74) is 3.89. The average molecular weight is 368 g/mol. The average Bonchev–Trinajstić information content (AvgIpc) is 2.90. The summed E-state index contributed by atoms with van der Waals surface area (Å²) < 4.78 is 10.6. The zero-order valence-corrected chi connectivity index (χ0v) is 16.7. The van der Waals surface area contributed by atoms with E-state index in [1.807, 2.05) is 32.0 Å². The fourth-order valence-corrected chi connectivity index (χ4v) is 3.45. The number of amides is 1. The van der Waals surface area contributed by atoms with Crippen LogP contribution in [0.1, 0.15) is 43.5 Å². The van der Waals surface area contributed by atoms with E-state index in [0.717, 1.165) is 35.7 Å². The van der Waals surface area contributed by atoms with Crippen molar-refractivity contribution in [3.8, 4) is 11.5 Å². The highest BCUT2D eigenvalue weighted by atomic mass is 16.5. The van der Waals surface area contributed by atoms with Crippen LogP contribution in [-0.4, -0.2) is 26.7 Å². The Labute approximate surface area is 161 Å². The normalized spacial score (nSPS) is 15.8. The van der Waals surface area contributed by atoms with E-state index in [2.05, 4.69) is 35.8 Å². The maximum atomic E-state index is 12.1. The summed E-state index contributed by atoms with van der Waals surface area (Å²) in [5, 5.41) is 6.52.